The zero-order chi connectivity index (χ0) is 15.6. The lowest BCUT2D eigenvalue weighted by Crippen LogP contribution is -2.07. The molecule has 0 N–H and O–H groups in total. The fourth-order valence-electron chi connectivity index (χ4n) is 2.55. The van der Waals surface area contributed by atoms with Gasteiger partial charge in [0.2, 0.25) is 0 Å². The fourth-order valence-corrected chi connectivity index (χ4v) is 2.55. The summed E-state index contributed by atoms with van der Waals surface area (Å²) in [6.07, 6.45) is -4.37. The third-order valence-electron chi connectivity index (χ3n) is 3.53. The highest BCUT2D eigenvalue weighted by Crippen LogP contribution is 2.40. The lowest BCUT2D eigenvalue weighted by atomic mass is 9.92. The molecular formula is C19H13F3. The van der Waals surface area contributed by atoms with Crippen molar-refractivity contribution >= 4 is 0 Å². The molecular weight excluding hydrogens is 285 g/mol. The molecule has 3 heteroatoms. The second-order valence-corrected chi connectivity index (χ2v) is 4.95. The Balaban J connectivity index is 2.24. The zero-order valence-corrected chi connectivity index (χ0v) is 11.6. The molecule has 0 aliphatic carbocycles. The Morgan fingerprint density at radius 2 is 1.00 bits per heavy atom. The number of halogens is 3. The monoisotopic (exact) mass is 298 g/mol. The first-order chi connectivity index (χ1) is 10.6. The van der Waals surface area contributed by atoms with Gasteiger partial charge in [-0.3, -0.25) is 0 Å². The van der Waals surface area contributed by atoms with Gasteiger partial charge in [0.25, 0.3) is 0 Å². The largest absolute Gasteiger partial charge is 0.417 e. The van der Waals surface area contributed by atoms with Crippen molar-refractivity contribution in [3.8, 4) is 22.3 Å². The predicted molar refractivity (Wildman–Crippen MR) is 82.3 cm³/mol. The van der Waals surface area contributed by atoms with Gasteiger partial charge in [0.1, 0.15) is 0 Å². The van der Waals surface area contributed by atoms with Crippen LogP contribution in [-0.4, -0.2) is 0 Å². The topological polar surface area (TPSA) is 0 Å². The average Bonchev–Trinajstić information content (AvgIpc) is 2.55. The Bertz CT molecular complexity index is 774. The smallest absolute Gasteiger partial charge is 0.166 e. The Hall–Kier alpha value is -2.55. The molecule has 3 aromatic carbocycles. The minimum absolute atomic E-state index is 0.203. The second-order valence-electron chi connectivity index (χ2n) is 4.95. The summed E-state index contributed by atoms with van der Waals surface area (Å²) in [5.41, 5.74) is 1.87. The number of alkyl halides is 3. The molecule has 3 aromatic rings. The van der Waals surface area contributed by atoms with Crippen LogP contribution in [0, 0.1) is 0 Å². The highest BCUT2D eigenvalue weighted by Gasteiger charge is 2.33. The number of hydrogen-bond donors (Lipinski definition) is 0. The SMILES string of the molecule is FC(F)(F)c1ccccc1-c1ccccc1-c1ccccc1. The normalized spacial score (nSPS) is 11.4. The number of hydrogen-bond acceptors (Lipinski definition) is 0. The molecule has 22 heavy (non-hydrogen) atoms. The molecule has 0 amide bonds. The summed E-state index contributed by atoms with van der Waals surface area (Å²) in [4.78, 5) is 0. The Labute approximate surface area is 126 Å². The van der Waals surface area contributed by atoms with E-state index in [0.717, 1.165) is 17.2 Å². The molecule has 110 valence electrons. The first-order valence-corrected chi connectivity index (χ1v) is 6.88. The molecule has 0 saturated heterocycles. The van der Waals surface area contributed by atoms with Crippen LogP contribution in [-0.2, 0) is 6.18 Å². The minimum atomic E-state index is -4.37. The number of benzene rings is 3. The maximum absolute atomic E-state index is 13.3. The van der Waals surface area contributed by atoms with E-state index < -0.39 is 11.7 Å². The van der Waals surface area contributed by atoms with Crippen LogP contribution in [0.3, 0.4) is 0 Å². The summed E-state index contributed by atoms with van der Waals surface area (Å²) in [6, 6.07) is 22.3. The molecule has 0 aliphatic rings. The first-order valence-electron chi connectivity index (χ1n) is 6.88. The van der Waals surface area contributed by atoms with E-state index >= 15 is 0 Å². The van der Waals surface area contributed by atoms with Crippen molar-refractivity contribution in [1.82, 2.24) is 0 Å². The van der Waals surface area contributed by atoms with Crippen molar-refractivity contribution < 1.29 is 13.2 Å². The fraction of sp³-hybridized carbons (Fsp3) is 0.0526. The Morgan fingerprint density at radius 3 is 1.64 bits per heavy atom. The Kier molecular flexibility index (Phi) is 3.72. The summed E-state index contributed by atoms with van der Waals surface area (Å²) in [7, 11) is 0. The summed E-state index contributed by atoms with van der Waals surface area (Å²) in [6.45, 7) is 0. The van der Waals surface area contributed by atoms with Crippen molar-refractivity contribution in [1.29, 1.82) is 0 Å². The molecule has 0 fully saturated rings. The van der Waals surface area contributed by atoms with E-state index in [1.807, 2.05) is 42.5 Å². The van der Waals surface area contributed by atoms with Gasteiger partial charge in [0.15, 0.2) is 0 Å². The van der Waals surface area contributed by atoms with Crippen LogP contribution in [0.15, 0.2) is 78.9 Å². The van der Waals surface area contributed by atoms with Crippen molar-refractivity contribution in [3.05, 3.63) is 84.4 Å². The van der Waals surface area contributed by atoms with E-state index in [-0.39, 0.29) is 5.56 Å². The molecule has 0 unspecified atom stereocenters. The molecule has 3 rings (SSSR count). The lowest BCUT2D eigenvalue weighted by Gasteiger charge is -2.16. The van der Waals surface area contributed by atoms with E-state index in [0.29, 0.717) is 5.56 Å². The molecule has 0 aromatic heterocycles. The number of rotatable bonds is 2. The second kappa shape index (κ2) is 5.68. The van der Waals surface area contributed by atoms with Gasteiger partial charge in [-0.15, -0.1) is 0 Å². The lowest BCUT2D eigenvalue weighted by molar-refractivity contribution is -0.137. The van der Waals surface area contributed by atoms with Gasteiger partial charge >= 0.3 is 6.18 Å². The quantitative estimate of drug-likeness (QED) is 0.541. The van der Waals surface area contributed by atoms with Gasteiger partial charge in [-0.05, 0) is 28.3 Å². The highest BCUT2D eigenvalue weighted by molar-refractivity contribution is 5.84. The molecule has 0 nitrogen and oxygen atoms in total. The molecule has 0 atom stereocenters. The van der Waals surface area contributed by atoms with Crippen LogP contribution >= 0.6 is 0 Å². The van der Waals surface area contributed by atoms with Crippen LogP contribution in [0.25, 0.3) is 22.3 Å². The maximum atomic E-state index is 13.3. The van der Waals surface area contributed by atoms with Gasteiger partial charge in [-0.2, -0.15) is 13.2 Å². The third kappa shape index (κ3) is 2.75. The van der Waals surface area contributed by atoms with Crippen molar-refractivity contribution in [2.24, 2.45) is 0 Å². The van der Waals surface area contributed by atoms with Gasteiger partial charge < -0.3 is 0 Å². The van der Waals surface area contributed by atoms with Crippen LogP contribution < -0.4 is 0 Å². The van der Waals surface area contributed by atoms with Crippen molar-refractivity contribution in [2.75, 3.05) is 0 Å². The summed E-state index contributed by atoms with van der Waals surface area (Å²) < 4.78 is 39.8. The van der Waals surface area contributed by atoms with Crippen molar-refractivity contribution in [3.63, 3.8) is 0 Å². The first kappa shape index (κ1) is 14.4. The molecule has 0 heterocycles. The average molecular weight is 298 g/mol. The predicted octanol–water partition coefficient (Wildman–Crippen LogP) is 6.04. The standard InChI is InChI=1S/C19H13F3/c20-19(21,22)18-13-7-6-12-17(18)16-11-5-4-10-15(16)14-8-2-1-3-9-14/h1-13H. The van der Waals surface area contributed by atoms with E-state index in [1.54, 1.807) is 18.2 Å². The van der Waals surface area contributed by atoms with E-state index in [9.17, 15) is 13.2 Å². The van der Waals surface area contributed by atoms with Gasteiger partial charge in [-0.1, -0.05) is 72.8 Å². The van der Waals surface area contributed by atoms with E-state index in [4.69, 9.17) is 0 Å². The summed E-state index contributed by atoms with van der Waals surface area (Å²) >= 11 is 0. The third-order valence-corrected chi connectivity index (χ3v) is 3.53. The van der Waals surface area contributed by atoms with Gasteiger partial charge in [0.05, 0.1) is 5.56 Å². The van der Waals surface area contributed by atoms with Crippen LogP contribution in [0.1, 0.15) is 5.56 Å². The van der Waals surface area contributed by atoms with Crippen molar-refractivity contribution in [2.45, 2.75) is 6.18 Å². The molecule has 0 saturated carbocycles. The Morgan fingerprint density at radius 1 is 0.500 bits per heavy atom. The van der Waals surface area contributed by atoms with Crippen LogP contribution in [0.5, 0.6) is 0 Å². The maximum Gasteiger partial charge on any atom is 0.417 e. The van der Waals surface area contributed by atoms with Gasteiger partial charge in [0, 0.05) is 0 Å². The molecule has 0 spiro atoms. The zero-order valence-electron chi connectivity index (χ0n) is 11.6. The van der Waals surface area contributed by atoms with Crippen LogP contribution in [0.2, 0.25) is 0 Å². The summed E-state index contributed by atoms with van der Waals surface area (Å²) in [5.74, 6) is 0. The molecule has 0 bridgehead atoms. The van der Waals surface area contributed by atoms with Gasteiger partial charge in [-0.25, -0.2) is 0 Å². The summed E-state index contributed by atoms with van der Waals surface area (Å²) in [5, 5.41) is 0. The highest BCUT2D eigenvalue weighted by atomic mass is 19.4. The van der Waals surface area contributed by atoms with E-state index in [2.05, 4.69) is 0 Å². The van der Waals surface area contributed by atoms with Crippen LogP contribution in [0.4, 0.5) is 13.2 Å². The minimum Gasteiger partial charge on any atom is -0.166 e. The molecule has 0 aliphatic heterocycles. The van der Waals surface area contributed by atoms with E-state index in [1.165, 1.54) is 12.1 Å². The molecule has 0 radical (unpaired) electrons.